The van der Waals surface area contributed by atoms with Gasteiger partial charge in [-0.15, -0.1) is 0 Å². The minimum Gasteiger partial charge on any atom is -0.382 e. The average molecular weight is 433 g/mol. The molecule has 0 saturated heterocycles. The second kappa shape index (κ2) is 5.99. The topological polar surface area (TPSA) is 83.5 Å². The molecule has 11 heteroatoms. The van der Waals surface area contributed by atoms with Crippen LogP contribution < -0.4 is 5.32 Å². The van der Waals surface area contributed by atoms with Crippen molar-refractivity contribution in [3.63, 3.8) is 0 Å². The Kier molecular flexibility index (Phi) is 4.08. The van der Waals surface area contributed by atoms with Gasteiger partial charge in [-0.05, 0) is 34.4 Å². The molecule has 29 heavy (non-hydrogen) atoms. The average Bonchev–Trinajstić information content (AvgIpc) is 3.08. The van der Waals surface area contributed by atoms with E-state index >= 15 is 0 Å². The van der Waals surface area contributed by atoms with Crippen molar-refractivity contribution in [1.29, 1.82) is 0 Å². The van der Waals surface area contributed by atoms with E-state index in [-0.39, 0.29) is 23.5 Å². The zero-order valence-corrected chi connectivity index (χ0v) is 15.2. The Bertz CT molecular complexity index is 1160. The van der Waals surface area contributed by atoms with Gasteiger partial charge in [-0.1, -0.05) is 18.2 Å². The second-order valence-electron chi connectivity index (χ2n) is 6.89. The van der Waals surface area contributed by atoms with Gasteiger partial charge in [-0.2, -0.15) is 13.2 Å². The van der Waals surface area contributed by atoms with Crippen LogP contribution >= 0.6 is 0 Å². The van der Waals surface area contributed by atoms with Crippen LogP contribution in [0.2, 0.25) is 0 Å². The molecule has 4 rings (SSSR count). The normalized spacial score (nSPS) is 20.3. The van der Waals surface area contributed by atoms with Crippen molar-refractivity contribution >= 4 is 21.4 Å². The van der Waals surface area contributed by atoms with Crippen molar-refractivity contribution < 1.29 is 40.3 Å². The van der Waals surface area contributed by atoms with Crippen molar-refractivity contribution in [3.05, 3.63) is 47.0 Å². The molecule has 0 radical (unpaired) electrons. The molecule has 2 aromatic carbocycles. The first kappa shape index (κ1) is 19.8. The van der Waals surface area contributed by atoms with E-state index in [9.17, 15) is 40.3 Å². The van der Waals surface area contributed by atoms with E-state index in [0.717, 1.165) is 6.07 Å². The highest BCUT2D eigenvalue weighted by atomic mass is 32.2. The predicted octanol–water partition coefficient (Wildman–Crippen LogP) is 3.37. The third-order valence-corrected chi connectivity index (χ3v) is 6.59. The molecule has 2 aromatic rings. The van der Waals surface area contributed by atoms with Crippen LogP contribution in [0.4, 0.5) is 27.6 Å². The summed E-state index contributed by atoms with van der Waals surface area (Å²) in [5.74, 6) is -4.10. The number of aliphatic hydroxyl groups is 1. The minimum atomic E-state index is -5.95. The quantitative estimate of drug-likeness (QED) is 0.712. The number of alkyl halides is 5. The van der Waals surface area contributed by atoms with Crippen LogP contribution in [-0.2, 0) is 27.5 Å². The van der Waals surface area contributed by atoms with Gasteiger partial charge in [0.2, 0.25) is 5.91 Å². The Morgan fingerprint density at radius 3 is 2.48 bits per heavy atom. The molecular weight excluding hydrogens is 421 g/mol. The smallest absolute Gasteiger partial charge is 0.382 e. The molecule has 1 aliphatic heterocycles. The first-order valence-corrected chi connectivity index (χ1v) is 9.77. The van der Waals surface area contributed by atoms with Crippen molar-refractivity contribution in [2.45, 2.75) is 35.3 Å². The highest BCUT2D eigenvalue weighted by molar-refractivity contribution is 7.92. The van der Waals surface area contributed by atoms with E-state index in [0.29, 0.717) is 22.9 Å². The summed E-state index contributed by atoms with van der Waals surface area (Å²) < 4.78 is 91.2. The van der Waals surface area contributed by atoms with Gasteiger partial charge in [-0.25, -0.2) is 17.2 Å². The van der Waals surface area contributed by atoms with Crippen molar-refractivity contribution in [1.82, 2.24) is 0 Å². The molecule has 1 atom stereocenters. The van der Waals surface area contributed by atoms with E-state index in [1.807, 2.05) is 0 Å². The molecule has 2 N–H and O–H groups in total. The molecule has 1 heterocycles. The van der Waals surface area contributed by atoms with Crippen LogP contribution in [0.15, 0.2) is 35.2 Å². The molecule has 0 fully saturated rings. The number of halogens is 5. The summed E-state index contributed by atoms with van der Waals surface area (Å²) in [6.45, 7) is 0. The molecule has 0 bridgehead atoms. The lowest BCUT2D eigenvalue weighted by Crippen LogP contribution is -2.26. The number of rotatable bonds is 2. The van der Waals surface area contributed by atoms with Gasteiger partial charge >= 0.3 is 5.51 Å². The number of nitrogens with one attached hydrogen (secondary N) is 1. The fourth-order valence-electron chi connectivity index (χ4n) is 3.69. The van der Waals surface area contributed by atoms with Crippen molar-refractivity contribution in [3.8, 4) is 11.1 Å². The number of anilines is 1. The standard InChI is InChI=1S/C18H12F5NO4S/c19-17(20)7-11-10(8-1-2-9-6-14(25)24-12(9)5-8)3-4-13(15(11)16(17)26)29(27,28)18(21,22)23/h1-5,16,26H,6-7H2,(H,24,25)/t16-/m0/s1. The zero-order valence-electron chi connectivity index (χ0n) is 14.3. The fourth-order valence-corrected chi connectivity index (χ4v) is 4.71. The summed E-state index contributed by atoms with van der Waals surface area (Å²) in [6, 6.07) is 6.11. The van der Waals surface area contributed by atoms with Crippen molar-refractivity contribution in [2.24, 2.45) is 0 Å². The summed E-state index contributed by atoms with van der Waals surface area (Å²) in [5, 5.41) is 12.5. The number of hydrogen-bond acceptors (Lipinski definition) is 4. The monoisotopic (exact) mass is 433 g/mol. The molecular formula is C18H12F5NO4S. The maximum atomic E-state index is 14.2. The Labute approximate surface area is 161 Å². The molecule has 0 aromatic heterocycles. The number of fused-ring (bicyclic) bond motifs is 2. The third-order valence-electron chi connectivity index (χ3n) is 5.04. The minimum absolute atomic E-state index is 0.0568. The van der Waals surface area contributed by atoms with Gasteiger partial charge in [-0.3, -0.25) is 4.79 Å². The number of sulfone groups is 1. The molecule has 1 aliphatic carbocycles. The van der Waals surface area contributed by atoms with Crippen LogP contribution in [0.3, 0.4) is 0 Å². The summed E-state index contributed by atoms with van der Waals surface area (Å²) >= 11 is 0. The van der Waals surface area contributed by atoms with Gasteiger partial charge in [0.05, 0.1) is 11.3 Å². The number of hydrogen-bond donors (Lipinski definition) is 2. The largest absolute Gasteiger partial charge is 0.501 e. The highest BCUT2D eigenvalue weighted by Gasteiger charge is 2.54. The number of benzene rings is 2. The summed E-state index contributed by atoms with van der Waals surface area (Å²) in [6.07, 6.45) is -3.68. The molecule has 154 valence electrons. The Morgan fingerprint density at radius 1 is 1.14 bits per heavy atom. The summed E-state index contributed by atoms with van der Waals surface area (Å²) in [7, 11) is -5.95. The van der Waals surface area contributed by atoms with Crippen LogP contribution in [0, 0.1) is 0 Å². The van der Waals surface area contributed by atoms with Crippen molar-refractivity contribution in [2.75, 3.05) is 5.32 Å². The van der Waals surface area contributed by atoms with Crippen LogP contribution in [0.25, 0.3) is 11.1 Å². The lowest BCUT2D eigenvalue weighted by molar-refractivity contribution is -0.115. The second-order valence-corrected chi connectivity index (χ2v) is 8.80. The maximum absolute atomic E-state index is 14.2. The van der Waals surface area contributed by atoms with Gasteiger partial charge in [0.25, 0.3) is 15.8 Å². The Morgan fingerprint density at radius 2 is 1.83 bits per heavy atom. The molecule has 1 amide bonds. The number of carbonyl (C=O) groups excluding carboxylic acids is 1. The van der Waals surface area contributed by atoms with Gasteiger partial charge in [0, 0.05) is 17.7 Å². The fraction of sp³-hybridized carbons (Fsp3) is 0.278. The van der Waals surface area contributed by atoms with Crippen LogP contribution in [-0.4, -0.2) is 30.9 Å². The first-order valence-electron chi connectivity index (χ1n) is 8.29. The zero-order chi connectivity index (χ0) is 21.4. The lowest BCUT2D eigenvalue weighted by atomic mass is 9.95. The van der Waals surface area contributed by atoms with E-state index in [2.05, 4.69) is 5.32 Å². The van der Waals surface area contributed by atoms with Crippen LogP contribution in [0.5, 0.6) is 0 Å². The molecule has 0 unspecified atom stereocenters. The number of carbonyl (C=O) groups is 1. The van der Waals surface area contributed by atoms with E-state index in [1.54, 1.807) is 6.07 Å². The molecule has 2 aliphatic rings. The van der Waals surface area contributed by atoms with E-state index in [1.165, 1.54) is 12.1 Å². The van der Waals surface area contributed by atoms with Gasteiger partial charge in [0.15, 0.2) is 0 Å². The first-order chi connectivity index (χ1) is 13.3. The summed E-state index contributed by atoms with van der Waals surface area (Å²) in [4.78, 5) is 10.1. The van der Waals surface area contributed by atoms with E-state index < -0.39 is 44.3 Å². The number of aliphatic hydroxyl groups excluding tert-OH is 1. The maximum Gasteiger partial charge on any atom is 0.501 e. The third kappa shape index (κ3) is 2.91. The van der Waals surface area contributed by atoms with Crippen LogP contribution in [0.1, 0.15) is 22.8 Å². The van der Waals surface area contributed by atoms with Gasteiger partial charge in [0.1, 0.15) is 6.10 Å². The van der Waals surface area contributed by atoms with E-state index in [4.69, 9.17) is 0 Å². The molecule has 5 nitrogen and oxygen atoms in total. The van der Waals surface area contributed by atoms with Gasteiger partial charge < -0.3 is 10.4 Å². The predicted molar refractivity (Wildman–Crippen MR) is 91.1 cm³/mol. The molecule has 0 saturated carbocycles. The lowest BCUT2D eigenvalue weighted by Gasteiger charge is -2.18. The summed E-state index contributed by atoms with van der Waals surface area (Å²) in [5.41, 5.74) is -5.59. The molecule has 0 spiro atoms. The SMILES string of the molecule is O=C1Cc2ccc(-c3ccc(S(=O)(=O)C(F)(F)F)c4c3CC(F)(F)[C@H]4O)cc2N1. The number of amides is 1. The Balaban J connectivity index is 1.95. The highest BCUT2D eigenvalue weighted by Crippen LogP contribution is 2.50. The Hall–Kier alpha value is -2.53.